The molecule has 1 aromatic heterocycles. The summed E-state index contributed by atoms with van der Waals surface area (Å²) in [5.41, 5.74) is 10.3. The molecule has 0 spiro atoms. The van der Waals surface area contributed by atoms with Gasteiger partial charge in [-0.15, -0.1) is 11.3 Å². The summed E-state index contributed by atoms with van der Waals surface area (Å²) >= 11 is 1.88. The van der Waals surface area contributed by atoms with Gasteiger partial charge in [0, 0.05) is 37.0 Å². The van der Waals surface area contributed by atoms with E-state index < -0.39 is 0 Å². The molecule has 1 aliphatic carbocycles. The fraction of sp³-hybridized carbons (Fsp3) is 0.0909. The third-order valence-corrected chi connectivity index (χ3v) is 8.69. The van der Waals surface area contributed by atoms with Crippen molar-refractivity contribution in [2.45, 2.75) is 19.3 Å². The standard InChI is InChI=1S/C33H25NS/c1-33(2)29-12-5-3-8-25(29)26-19-18-23(20-30(26)33)34-22-16-14-21(15-17-22)24-10-7-11-28-27-9-4-6-13-31(27)35-32(24)28/h3-20,34H,1-2H3. The van der Waals surface area contributed by atoms with Crippen molar-refractivity contribution in [3.05, 3.63) is 120 Å². The Morgan fingerprint density at radius 1 is 0.571 bits per heavy atom. The number of nitrogens with one attached hydrogen (secondary N) is 1. The first kappa shape index (κ1) is 20.5. The topological polar surface area (TPSA) is 12.0 Å². The van der Waals surface area contributed by atoms with Crippen molar-refractivity contribution in [1.29, 1.82) is 0 Å². The molecule has 0 fully saturated rings. The minimum atomic E-state index is 0.0103. The average molecular weight is 468 g/mol. The minimum absolute atomic E-state index is 0.0103. The molecule has 0 unspecified atom stereocenters. The average Bonchev–Trinajstić information content (AvgIpc) is 3.38. The summed E-state index contributed by atoms with van der Waals surface area (Å²) in [5.74, 6) is 0. The smallest absolute Gasteiger partial charge is 0.0433 e. The van der Waals surface area contributed by atoms with E-state index in [1.165, 1.54) is 53.6 Å². The Morgan fingerprint density at radius 2 is 1.26 bits per heavy atom. The second-order valence-corrected chi connectivity index (χ2v) is 11.0. The summed E-state index contributed by atoms with van der Waals surface area (Å²) in [5, 5.41) is 6.32. The number of benzene rings is 5. The van der Waals surface area contributed by atoms with Gasteiger partial charge in [0.15, 0.2) is 0 Å². The van der Waals surface area contributed by atoms with Gasteiger partial charge >= 0.3 is 0 Å². The molecule has 1 N–H and O–H groups in total. The molecule has 0 amide bonds. The third-order valence-electron chi connectivity index (χ3n) is 7.47. The molecule has 5 aromatic carbocycles. The van der Waals surface area contributed by atoms with Crippen LogP contribution in [0.1, 0.15) is 25.0 Å². The second kappa shape index (κ2) is 7.56. The van der Waals surface area contributed by atoms with Crippen LogP contribution in [-0.2, 0) is 5.41 Å². The van der Waals surface area contributed by atoms with Crippen LogP contribution in [0.3, 0.4) is 0 Å². The number of anilines is 2. The normalized spacial score (nSPS) is 13.7. The summed E-state index contributed by atoms with van der Waals surface area (Å²) < 4.78 is 2.70. The van der Waals surface area contributed by atoms with Gasteiger partial charge < -0.3 is 5.32 Å². The quantitative estimate of drug-likeness (QED) is 0.273. The van der Waals surface area contributed by atoms with E-state index in [0.29, 0.717) is 0 Å². The fourth-order valence-corrected chi connectivity index (χ4v) is 6.89. The van der Waals surface area contributed by atoms with E-state index in [-0.39, 0.29) is 5.41 Å². The van der Waals surface area contributed by atoms with Gasteiger partial charge in [0.1, 0.15) is 0 Å². The molecule has 0 saturated heterocycles. The highest BCUT2D eigenvalue weighted by molar-refractivity contribution is 7.26. The predicted octanol–water partition coefficient (Wildman–Crippen LogP) is 9.77. The number of fused-ring (bicyclic) bond motifs is 6. The van der Waals surface area contributed by atoms with Gasteiger partial charge in [-0.1, -0.05) is 92.7 Å². The van der Waals surface area contributed by atoms with Gasteiger partial charge in [0.2, 0.25) is 0 Å². The Bertz CT molecular complexity index is 1740. The second-order valence-electron chi connectivity index (χ2n) is 9.91. The molecular weight excluding hydrogens is 442 g/mol. The van der Waals surface area contributed by atoms with E-state index in [9.17, 15) is 0 Å². The van der Waals surface area contributed by atoms with Gasteiger partial charge in [-0.25, -0.2) is 0 Å². The lowest BCUT2D eigenvalue weighted by molar-refractivity contribution is 0.660. The molecule has 6 aromatic rings. The van der Waals surface area contributed by atoms with Crippen LogP contribution >= 0.6 is 11.3 Å². The van der Waals surface area contributed by atoms with Crippen molar-refractivity contribution in [2.24, 2.45) is 0 Å². The van der Waals surface area contributed by atoms with Crippen molar-refractivity contribution in [2.75, 3.05) is 5.32 Å². The summed E-state index contributed by atoms with van der Waals surface area (Å²) in [6.45, 7) is 4.65. The SMILES string of the molecule is CC1(C)c2ccccc2-c2ccc(Nc3ccc(-c4cccc5c4sc4ccccc45)cc3)cc21. The predicted molar refractivity (Wildman–Crippen MR) is 152 cm³/mol. The Hall–Kier alpha value is -3.88. The molecule has 0 saturated carbocycles. The lowest BCUT2D eigenvalue weighted by atomic mass is 9.82. The maximum atomic E-state index is 3.64. The van der Waals surface area contributed by atoms with E-state index in [4.69, 9.17) is 0 Å². The summed E-state index contributed by atoms with van der Waals surface area (Å²) in [7, 11) is 0. The molecule has 0 aliphatic heterocycles. The number of thiophene rings is 1. The van der Waals surface area contributed by atoms with E-state index in [1.807, 2.05) is 11.3 Å². The highest BCUT2D eigenvalue weighted by Crippen LogP contribution is 2.49. The van der Waals surface area contributed by atoms with Crippen LogP contribution < -0.4 is 5.32 Å². The van der Waals surface area contributed by atoms with Crippen molar-refractivity contribution in [3.63, 3.8) is 0 Å². The van der Waals surface area contributed by atoms with Crippen LogP contribution in [0.5, 0.6) is 0 Å². The molecular formula is C33H25NS. The molecule has 35 heavy (non-hydrogen) atoms. The molecule has 1 heterocycles. The molecule has 1 nitrogen and oxygen atoms in total. The molecule has 7 rings (SSSR count). The van der Waals surface area contributed by atoms with Crippen LogP contribution in [0.25, 0.3) is 42.4 Å². The molecule has 0 atom stereocenters. The first-order valence-electron chi connectivity index (χ1n) is 12.1. The molecule has 0 radical (unpaired) electrons. The monoisotopic (exact) mass is 467 g/mol. The maximum absolute atomic E-state index is 3.64. The Balaban J connectivity index is 1.21. The van der Waals surface area contributed by atoms with Crippen molar-refractivity contribution in [1.82, 2.24) is 0 Å². The fourth-order valence-electron chi connectivity index (χ4n) is 5.66. The van der Waals surface area contributed by atoms with Gasteiger partial charge in [0.25, 0.3) is 0 Å². The van der Waals surface area contributed by atoms with Crippen LogP contribution in [0.2, 0.25) is 0 Å². The van der Waals surface area contributed by atoms with Crippen LogP contribution in [0, 0.1) is 0 Å². The third kappa shape index (κ3) is 3.14. The van der Waals surface area contributed by atoms with Gasteiger partial charge in [-0.3, -0.25) is 0 Å². The first-order valence-corrected chi connectivity index (χ1v) is 12.9. The minimum Gasteiger partial charge on any atom is -0.356 e. The molecule has 1 aliphatic rings. The van der Waals surface area contributed by atoms with E-state index >= 15 is 0 Å². The van der Waals surface area contributed by atoms with Crippen LogP contribution in [-0.4, -0.2) is 0 Å². The molecule has 168 valence electrons. The highest BCUT2D eigenvalue weighted by Gasteiger charge is 2.35. The largest absolute Gasteiger partial charge is 0.356 e. The van der Waals surface area contributed by atoms with Crippen molar-refractivity contribution >= 4 is 42.9 Å². The van der Waals surface area contributed by atoms with E-state index in [0.717, 1.165) is 11.4 Å². The number of rotatable bonds is 3. The van der Waals surface area contributed by atoms with Gasteiger partial charge in [0.05, 0.1) is 0 Å². The van der Waals surface area contributed by atoms with Crippen LogP contribution in [0.15, 0.2) is 109 Å². The lowest BCUT2D eigenvalue weighted by Crippen LogP contribution is -2.15. The zero-order valence-electron chi connectivity index (χ0n) is 19.8. The summed E-state index contributed by atoms with van der Waals surface area (Å²) in [4.78, 5) is 0. The van der Waals surface area contributed by atoms with Crippen LogP contribution in [0.4, 0.5) is 11.4 Å². The van der Waals surface area contributed by atoms with E-state index in [1.54, 1.807) is 0 Å². The zero-order valence-corrected chi connectivity index (χ0v) is 20.6. The summed E-state index contributed by atoms with van der Waals surface area (Å²) in [6.07, 6.45) is 0. The van der Waals surface area contributed by atoms with Gasteiger partial charge in [-0.2, -0.15) is 0 Å². The van der Waals surface area contributed by atoms with Crippen molar-refractivity contribution < 1.29 is 0 Å². The molecule has 2 heteroatoms. The number of hydrogen-bond donors (Lipinski definition) is 1. The first-order chi connectivity index (χ1) is 17.1. The molecule has 0 bridgehead atoms. The van der Waals surface area contributed by atoms with E-state index in [2.05, 4.69) is 128 Å². The maximum Gasteiger partial charge on any atom is 0.0433 e. The van der Waals surface area contributed by atoms with Crippen molar-refractivity contribution in [3.8, 4) is 22.3 Å². The lowest BCUT2D eigenvalue weighted by Gasteiger charge is -2.22. The Morgan fingerprint density at radius 3 is 2.14 bits per heavy atom. The van der Waals surface area contributed by atoms with Gasteiger partial charge in [-0.05, 0) is 63.7 Å². The Kier molecular flexibility index (Phi) is 4.43. The Labute approximate surface area is 209 Å². The zero-order chi connectivity index (χ0) is 23.6. The summed E-state index contributed by atoms with van der Waals surface area (Å²) in [6, 6.07) is 39.7. The number of hydrogen-bond acceptors (Lipinski definition) is 2. The highest BCUT2D eigenvalue weighted by atomic mass is 32.1.